The first kappa shape index (κ1) is 10.9. The van der Waals surface area contributed by atoms with Crippen molar-refractivity contribution in [1.29, 1.82) is 0 Å². The van der Waals surface area contributed by atoms with Crippen LogP contribution in [0.15, 0.2) is 24.3 Å². The summed E-state index contributed by atoms with van der Waals surface area (Å²) >= 11 is 0. The van der Waals surface area contributed by atoms with Gasteiger partial charge in [-0.1, -0.05) is 12.2 Å². The number of allylic oxidation sites excluding steroid dienone is 4. The summed E-state index contributed by atoms with van der Waals surface area (Å²) in [5.41, 5.74) is 0. The van der Waals surface area contributed by atoms with E-state index in [0.29, 0.717) is 19.3 Å². The molecule has 0 saturated heterocycles. The van der Waals surface area contributed by atoms with Gasteiger partial charge in [-0.15, -0.1) is 0 Å². The standard InChI is InChI=1S/C12H16O2/c13-11-7-4-2-1-3-5-8-12(14)10-6-9-11/h4-5,7-8H,1-3,6,9-10H2/b7-4+,8-5+. The maximum atomic E-state index is 11.2. The van der Waals surface area contributed by atoms with E-state index in [9.17, 15) is 9.59 Å². The van der Waals surface area contributed by atoms with E-state index in [0.717, 1.165) is 19.3 Å². The molecule has 0 fully saturated rings. The molecule has 76 valence electrons. The first-order valence-electron chi connectivity index (χ1n) is 5.18. The number of ketones is 2. The second-order valence-corrected chi connectivity index (χ2v) is 3.52. The lowest BCUT2D eigenvalue weighted by molar-refractivity contribution is -0.115. The minimum atomic E-state index is 0.141. The molecule has 0 aromatic rings. The van der Waals surface area contributed by atoms with Crippen molar-refractivity contribution in [2.75, 3.05) is 0 Å². The maximum Gasteiger partial charge on any atom is 0.155 e. The number of carbonyl (C=O) groups is 2. The lowest BCUT2D eigenvalue weighted by atomic mass is 10.1. The Morgan fingerprint density at radius 3 is 1.79 bits per heavy atom. The van der Waals surface area contributed by atoms with Gasteiger partial charge in [0.15, 0.2) is 11.6 Å². The lowest BCUT2D eigenvalue weighted by Crippen LogP contribution is -1.98. The molecule has 0 atom stereocenters. The molecule has 0 saturated carbocycles. The van der Waals surface area contributed by atoms with Crippen LogP contribution in [0.25, 0.3) is 0 Å². The summed E-state index contributed by atoms with van der Waals surface area (Å²) in [5, 5.41) is 0. The second kappa shape index (κ2) is 6.30. The summed E-state index contributed by atoms with van der Waals surface area (Å²) in [6.07, 6.45) is 11.7. The number of carbonyl (C=O) groups excluding carboxylic acids is 2. The van der Waals surface area contributed by atoms with E-state index in [1.165, 1.54) is 0 Å². The molecular formula is C12H16O2. The summed E-state index contributed by atoms with van der Waals surface area (Å²) in [7, 11) is 0. The van der Waals surface area contributed by atoms with Crippen LogP contribution in [0, 0.1) is 0 Å². The average Bonchev–Trinajstić information content (AvgIpc) is 2.14. The van der Waals surface area contributed by atoms with Crippen LogP contribution >= 0.6 is 0 Å². The molecule has 2 heteroatoms. The summed E-state index contributed by atoms with van der Waals surface area (Å²) in [4.78, 5) is 22.4. The molecule has 14 heavy (non-hydrogen) atoms. The molecule has 1 aliphatic carbocycles. The van der Waals surface area contributed by atoms with E-state index < -0.39 is 0 Å². The molecule has 0 amide bonds. The molecular weight excluding hydrogens is 176 g/mol. The lowest BCUT2D eigenvalue weighted by Gasteiger charge is -1.97. The van der Waals surface area contributed by atoms with Crippen molar-refractivity contribution in [2.24, 2.45) is 0 Å². The van der Waals surface area contributed by atoms with Crippen LogP contribution in [0.1, 0.15) is 38.5 Å². The van der Waals surface area contributed by atoms with Gasteiger partial charge in [0.2, 0.25) is 0 Å². The largest absolute Gasteiger partial charge is 0.295 e. The molecule has 1 rings (SSSR count). The fourth-order valence-corrected chi connectivity index (χ4v) is 1.39. The van der Waals surface area contributed by atoms with Crippen molar-refractivity contribution in [3.05, 3.63) is 24.3 Å². The normalized spacial score (nSPS) is 24.9. The average molecular weight is 192 g/mol. The highest BCUT2D eigenvalue weighted by atomic mass is 16.1. The Morgan fingerprint density at radius 1 is 0.786 bits per heavy atom. The summed E-state index contributed by atoms with van der Waals surface area (Å²) in [6, 6.07) is 0. The van der Waals surface area contributed by atoms with Crippen LogP contribution in [0.2, 0.25) is 0 Å². The van der Waals surface area contributed by atoms with Crippen molar-refractivity contribution < 1.29 is 9.59 Å². The number of hydrogen-bond acceptors (Lipinski definition) is 2. The topological polar surface area (TPSA) is 34.1 Å². The van der Waals surface area contributed by atoms with Crippen molar-refractivity contribution >= 4 is 11.6 Å². The third-order valence-electron chi connectivity index (χ3n) is 2.20. The molecule has 0 heterocycles. The first-order valence-corrected chi connectivity index (χ1v) is 5.18. The van der Waals surface area contributed by atoms with Crippen molar-refractivity contribution in [3.8, 4) is 0 Å². The zero-order chi connectivity index (χ0) is 10.2. The van der Waals surface area contributed by atoms with Crippen molar-refractivity contribution in [1.82, 2.24) is 0 Å². The highest BCUT2D eigenvalue weighted by Crippen LogP contribution is 2.04. The summed E-state index contributed by atoms with van der Waals surface area (Å²) < 4.78 is 0. The Morgan fingerprint density at radius 2 is 1.29 bits per heavy atom. The first-order chi connectivity index (χ1) is 6.79. The zero-order valence-corrected chi connectivity index (χ0v) is 8.37. The SMILES string of the molecule is O=C1/C=C/CCC/C=C/C(=O)CCC1. The molecule has 0 radical (unpaired) electrons. The quantitative estimate of drug-likeness (QED) is 0.591. The van der Waals surface area contributed by atoms with Gasteiger partial charge >= 0.3 is 0 Å². The smallest absolute Gasteiger partial charge is 0.155 e. The van der Waals surface area contributed by atoms with Gasteiger partial charge < -0.3 is 0 Å². The Hall–Kier alpha value is -1.18. The third-order valence-corrected chi connectivity index (χ3v) is 2.20. The van der Waals surface area contributed by atoms with Crippen LogP contribution in [-0.4, -0.2) is 11.6 Å². The predicted octanol–water partition coefficient (Wildman–Crippen LogP) is 2.59. The van der Waals surface area contributed by atoms with Crippen LogP contribution < -0.4 is 0 Å². The van der Waals surface area contributed by atoms with Crippen LogP contribution in [-0.2, 0) is 9.59 Å². The molecule has 0 bridgehead atoms. The van der Waals surface area contributed by atoms with Crippen molar-refractivity contribution in [3.63, 3.8) is 0 Å². The molecule has 0 aromatic heterocycles. The third kappa shape index (κ3) is 4.75. The predicted molar refractivity (Wildman–Crippen MR) is 56.0 cm³/mol. The van der Waals surface area contributed by atoms with Gasteiger partial charge in [-0.25, -0.2) is 0 Å². The second-order valence-electron chi connectivity index (χ2n) is 3.52. The van der Waals surface area contributed by atoms with Gasteiger partial charge in [0, 0.05) is 12.8 Å². The minimum Gasteiger partial charge on any atom is -0.295 e. The van der Waals surface area contributed by atoms with E-state index in [4.69, 9.17) is 0 Å². The van der Waals surface area contributed by atoms with Crippen LogP contribution in [0.4, 0.5) is 0 Å². The molecule has 0 N–H and O–H groups in total. The summed E-state index contributed by atoms with van der Waals surface area (Å²) in [6.45, 7) is 0. The molecule has 1 aliphatic rings. The Kier molecular flexibility index (Phi) is 4.90. The van der Waals surface area contributed by atoms with Crippen molar-refractivity contribution in [2.45, 2.75) is 38.5 Å². The van der Waals surface area contributed by atoms with Gasteiger partial charge in [0.05, 0.1) is 0 Å². The Bertz CT molecular complexity index is 235. The summed E-state index contributed by atoms with van der Waals surface area (Å²) in [5.74, 6) is 0.282. The molecule has 0 aliphatic heterocycles. The van der Waals surface area contributed by atoms with Crippen LogP contribution in [0.3, 0.4) is 0 Å². The van der Waals surface area contributed by atoms with E-state index in [2.05, 4.69) is 0 Å². The van der Waals surface area contributed by atoms with E-state index in [1.54, 1.807) is 12.2 Å². The highest BCUT2D eigenvalue weighted by Gasteiger charge is 2.01. The van der Waals surface area contributed by atoms with Gasteiger partial charge in [-0.05, 0) is 37.8 Å². The maximum absolute atomic E-state index is 11.2. The van der Waals surface area contributed by atoms with Gasteiger partial charge in [0.1, 0.15) is 0 Å². The highest BCUT2D eigenvalue weighted by molar-refractivity contribution is 5.92. The fraction of sp³-hybridized carbons (Fsp3) is 0.500. The number of hydrogen-bond donors (Lipinski definition) is 0. The Labute approximate surface area is 84.7 Å². The minimum absolute atomic E-state index is 0.141. The number of rotatable bonds is 0. The van der Waals surface area contributed by atoms with Gasteiger partial charge in [0.25, 0.3) is 0 Å². The molecule has 2 nitrogen and oxygen atoms in total. The van der Waals surface area contributed by atoms with Gasteiger partial charge in [-0.2, -0.15) is 0 Å². The monoisotopic (exact) mass is 192 g/mol. The Balaban J connectivity index is 2.47. The van der Waals surface area contributed by atoms with Crippen LogP contribution in [0.5, 0.6) is 0 Å². The van der Waals surface area contributed by atoms with Gasteiger partial charge in [-0.3, -0.25) is 9.59 Å². The van der Waals surface area contributed by atoms with E-state index in [1.807, 2.05) is 12.2 Å². The fourth-order valence-electron chi connectivity index (χ4n) is 1.39. The zero-order valence-electron chi connectivity index (χ0n) is 8.37. The van der Waals surface area contributed by atoms with E-state index in [-0.39, 0.29) is 11.6 Å². The molecule has 0 spiro atoms. The molecule has 0 aromatic carbocycles. The molecule has 0 unspecified atom stereocenters. The van der Waals surface area contributed by atoms with E-state index >= 15 is 0 Å².